The lowest BCUT2D eigenvalue weighted by atomic mass is 10.2. The molecular formula is C17H14F3N5OS. The van der Waals surface area contributed by atoms with E-state index in [0.717, 1.165) is 27.6 Å². The Morgan fingerprint density at radius 2 is 1.89 bits per heavy atom. The minimum absolute atomic E-state index is 0.351. The lowest BCUT2D eigenvalue weighted by Gasteiger charge is -2.13. The highest BCUT2D eigenvalue weighted by molar-refractivity contribution is 7.21. The van der Waals surface area contributed by atoms with Crippen molar-refractivity contribution in [2.24, 2.45) is 0 Å². The second-order valence-corrected chi connectivity index (χ2v) is 6.90. The summed E-state index contributed by atoms with van der Waals surface area (Å²) in [6.07, 6.45) is -4.38. The number of aromatic amines is 1. The number of rotatable bonds is 4. The highest BCUT2D eigenvalue weighted by Gasteiger charge is 2.30. The molecule has 27 heavy (non-hydrogen) atoms. The molecule has 0 aliphatic heterocycles. The third kappa shape index (κ3) is 3.39. The predicted molar refractivity (Wildman–Crippen MR) is 97.2 cm³/mol. The molecule has 0 aliphatic rings. The van der Waals surface area contributed by atoms with Crippen molar-refractivity contribution in [1.82, 2.24) is 19.9 Å². The highest BCUT2D eigenvalue weighted by atomic mass is 32.1. The third-order valence-corrected chi connectivity index (χ3v) is 5.08. The summed E-state index contributed by atoms with van der Waals surface area (Å²) < 4.78 is 43.6. The first-order valence-electron chi connectivity index (χ1n) is 7.92. The van der Waals surface area contributed by atoms with Crippen LogP contribution in [0.15, 0.2) is 30.3 Å². The van der Waals surface area contributed by atoms with Gasteiger partial charge in [-0.1, -0.05) is 11.3 Å². The second kappa shape index (κ2) is 6.38. The summed E-state index contributed by atoms with van der Waals surface area (Å²) in [5.74, 6) is 1.06. The second-order valence-electron chi connectivity index (χ2n) is 5.94. The number of ether oxygens (including phenoxy) is 1. The van der Waals surface area contributed by atoms with Gasteiger partial charge in [-0.05, 0) is 24.3 Å². The Bertz CT molecular complexity index is 1120. The quantitative estimate of drug-likeness (QED) is 0.562. The Morgan fingerprint density at radius 1 is 1.11 bits per heavy atom. The molecule has 0 spiro atoms. The summed E-state index contributed by atoms with van der Waals surface area (Å²) in [5, 5.41) is 0.724. The van der Waals surface area contributed by atoms with Gasteiger partial charge in [0.25, 0.3) is 0 Å². The van der Waals surface area contributed by atoms with Gasteiger partial charge >= 0.3 is 6.18 Å². The maximum atomic E-state index is 12.8. The Labute approximate surface area is 155 Å². The van der Waals surface area contributed by atoms with E-state index in [-0.39, 0.29) is 0 Å². The average molecular weight is 393 g/mol. The molecule has 3 heterocycles. The number of nitrogens with one attached hydrogen (secondary N) is 1. The van der Waals surface area contributed by atoms with Crippen LogP contribution in [0, 0.1) is 0 Å². The zero-order chi connectivity index (χ0) is 19.2. The lowest BCUT2D eigenvalue weighted by Crippen LogP contribution is -2.16. The van der Waals surface area contributed by atoms with Crippen molar-refractivity contribution < 1.29 is 17.9 Å². The molecule has 0 atom stereocenters. The van der Waals surface area contributed by atoms with Crippen molar-refractivity contribution in [3.05, 3.63) is 41.7 Å². The molecule has 140 valence electrons. The minimum Gasteiger partial charge on any atom is -0.481 e. The first-order chi connectivity index (χ1) is 12.8. The fourth-order valence-corrected chi connectivity index (χ4v) is 3.56. The zero-order valence-corrected chi connectivity index (χ0v) is 15.1. The molecular weight excluding hydrogens is 379 g/mol. The van der Waals surface area contributed by atoms with E-state index in [9.17, 15) is 13.2 Å². The van der Waals surface area contributed by atoms with E-state index in [1.807, 2.05) is 18.0 Å². The number of thiazole rings is 1. The van der Waals surface area contributed by atoms with Gasteiger partial charge in [-0.15, -0.1) is 0 Å². The Hall–Kier alpha value is -2.88. The van der Waals surface area contributed by atoms with Crippen molar-refractivity contribution in [2.45, 2.75) is 12.7 Å². The van der Waals surface area contributed by atoms with Gasteiger partial charge in [0.2, 0.25) is 5.88 Å². The standard InChI is InChI=1S/C17H14F3N5OS/c1-25(16-23-11-5-6-14(26-2)24-15(11)27-16)8-13-21-10-4-3-9(17(18,19)20)7-12(10)22-13/h3-7H,8H2,1-2H3,(H,21,22). The number of benzene rings is 1. The maximum absolute atomic E-state index is 12.8. The van der Waals surface area contributed by atoms with E-state index in [1.54, 1.807) is 13.2 Å². The van der Waals surface area contributed by atoms with Crippen LogP contribution in [-0.2, 0) is 12.7 Å². The summed E-state index contributed by atoms with van der Waals surface area (Å²) in [7, 11) is 3.39. The largest absolute Gasteiger partial charge is 0.481 e. The van der Waals surface area contributed by atoms with Gasteiger partial charge in [-0.3, -0.25) is 0 Å². The van der Waals surface area contributed by atoms with E-state index in [2.05, 4.69) is 19.9 Å². The summed E-state index contributed by atoms with van der Waals surface area (Å²) in [5.41, 5.74) is 0.887. The smallest absolute Gasteiger partial charge is 0.416 e. The molecule has 10 heteroatoms. The van der Waals surface area contributed by atoms with E-state index in [4.69, 9.17) is 4.74 Å². The fourth-order valence-electron chi connectivity index (χ4n) is 2.67. The molecule has 0 aliphatic carbocycles. The lowest BCUT2D eigenvalue weighted by molar-refractivity contribution is -0.137. The van der Waals surface area contributed by atoms with Gasteiger partial charge in [-0.2, -0.15) is 13.2 Å². The number of nitrogens with zero attached hydrogens (tertiary/aromatic N) is 4. The predicted octanol–water partition coefficient (Wildman–Crippen LogP) is 4.23. The Balaban J connectivity index is 1.59. The zero-order valence-electron chi connectivity index (χ0n) is 14.3. The number of imidazole rings is 1. The molecule has 4 rings (SSSR count). The molecule has 1 N–H and O–H groups in total. The normalized spacial score (nSPS) is 12.0. The van der Waals surface area contributed by atoms with Crippen molar-refractivity contribution in [2.75, 3.05) is 19.1 Å². The maximum Gasteiger partial charge on any atom is 0.416 e. The number of halogens is 3. The van der Waals surface area contributed by atoms with Gasteiger partial charge in [-0.25, -0.2) is 15.0 Å². The van der Waals surface area contributed by atoms with Gasteiger partial charge in [0, 0.05) is 13.1 Å². The Kier molecular flexibility index (Phi) is 4.14. The van der Waals surface area contributed by atoms with Crippen LogP contribution in [0.1, 0.15) is 11.4 Å². The molecule has 0 fully saturated rings. The van der Waals surface area contributed by atoms with Crippen molar-refractivity contribution in [1.29, 1.82) is 0 Å². The number of methoxy groups -OCH3 is 1. The number of hydrogen-bond acceptors (Lipinski definition) is 6. The molecule has 3 aromatic heterocycles. The SMILES string of the molecule is COc1ccc2nc(N(C)Cc3nc4ccc(C(F)(F)F)cc4[nH]3)sc2n1. The number of aromatic nitrogens is 4. The van der Waals surface area contributed by atoms with Crippen LogP contribution >= 0.6 is 11.3 Å². The number of anilines is 1. The number of H-pyrrole nitrogens is 1. The summed E-state index contributed by atoms with van der Waals surface area (Å²) >= 11 is 1.40. The van der Waals surface area contributed by atoms with Crippen molar-refractivity contribution >= 4 is 37.8 Å². The number of fused-ring (bicyclic) bond motifs is 2. The molecule has 0 saturated heterocycles. The van der Waals surface area contributed by atoms with Crippen molar-refractivity contribution in [3.63, 3.8) is 0 Å². The van der Waals surface area contributed by atoms with Crippen LogP contribution in [0.2, 0.25) is 0 Å². The van der Waals surface area contributed by atoms with E-state index in [0.29, 0.717) is 29.3 Å². The average Bonchev–Trinajstić information content (AvgIpc) is 3.22. The fraction of sp³-hybridized carbons (Fsp3) is 0.235. The van der Waals surface area contributed by atoms with Gasteiger partial charge in [0.1, 0.15) is 16.2 Å². The Morgan fingerprint density at radius 3 is 2.63 bits per heavy atom. The van der Waals surface area contributed by atoms with Crippen LogP contribution < -0.4 is 9.64 Å². The molecule has 0 radical (unpaired) electrons. The number of hydrogen-bond donors (Lipinski definition) is 1. The van der Waals surface area contributed by atoms with Crippen molar-refractivity contribution in [3.8, 4) is 5.88 Å². The van der Waals surface area contributed by atoms with Crippen LogP contribution in [-0.4, -0.2) is 34.1 Å². The first-order valence-corrected chi connectivity index (χ1v) is 8.74. The molecule has 0 saturated carbocycles. The molecule has 0 bridgehead atoms. The number of pyridine rings is 1. The van der Waals surface area contributed by atoms with Crippen LogP contribution in [0.3, 0.4) is 0 Å². The molecule has 6 nitrogen and oxygen atoms in total. The van der Waals surface area contributed by atoms with Crippen LogP contribution in [0.5, 0.6) is 5.88 Å². The summed E-state index contributed by atoms with van der Waals surface area (Å²) in [4.78, 5) is 18.8. The van der Waals surface area contributed by atoms with Gasteiger partial charge in [0.05, 0.1) is 30.3 Å². The minimum atomic E-state index is -4.38. The summed E-state index contributed by atoms with van der Waals surface area (Å²) in [6, 6.07) is 7.03. The van der Waals surface area contributed by atoms with E-state index in [1.165, 1.54) is 17.4 Å². The van der Waals surface area contributed by atoms with Crippen LogP contribution in [0.4, 0.5) is 18.3 Å². The van der Waals surface area contributed by atoms with Crippen LogP contribution in [0.25, 0.3) is 21.4 Å². The monoisotopic (exact) mass is 393 g/mol. The topological polar surface area (TPSA) is 66.9 Å². The van der Waals surface area contributed by atoms with E-state index >= 15 is 0 Å². The first kappa shape index (κ1) is 17.5. The molecule has 4 aromatic rings. The molecule has 0 unspecified atom stereocenters. The van der Waals surface area contributed by atoms with E-state index < -0.39 is 11.7 Å². The number of alkyl halides is 3. The highest BCUT2D eigenvalue weighted by Crippen LogP contribution is 2.32. The van der Waals surface area contributed by atoms with Gasteiger partial charge in [0.15, 0.2) is 5.13 Å². The molecule has 1 aromatic carbocycles. The van der Waals surface area contributed by atoms with Gasteiger partial charge < -0.3 is 14.6 Å². The summed E-state index contributed by atoms with van der Waals surface area (Å²) in [6.45, 7) is 0.368. The third-order valence-electron chi connectivity index (χ3n) is 4.00. The molecule has 0 amide bonds.